The minimum Gasteiger partial charge on any atom is -0.480 e. The van der Waals surface area contributed by atoms with E-state index in [2.05, 4.69) is 0 Å². The fourth-order valence-electron chi connectivity index (χ4n) is 0.700. The summed E-state index contributed by atoms with van der Waals surface area (Å²) in [5.41, 5.74) is 5.37. The third-order valence-corrected chi connectivity index (χ3v) is 2.85. The van der Waals surface area contributed by atoms with Crippen LogP contribution in [0.1, 0.15) is 20.3 Å². The smallest absolute Gasteiger partial charge is 0.320 e. The molecule has 0 saturated carbocycles. The maximum Gasteiger partial charge on any atom is 0.320 e. The largest absolute Gasteiger partial charge is 0.480 e. The van der Waals surface area contributed by atoms with Crippen LogP contribution in [0.15, 0.2) is 0 Å². The Morgan fingerprint density at radius 2 is 2.18 bits per heavy atom. The molecule has 3 N–H and O–H groups in total. The third-order valence-electron chi connectivity index (χ3n) is 1.58. The van der Waals surface area contributed by atoms with Crippen LogP contribution in [-0.2, 0) is 4.79 Å². The minimum absolute atomic E-state index is 0.0438. The highest BCUT2D eigenvalue weighted by Crippen LogP contribution is 2.25. The van der Waals surface area contributed by atoms with Gasteiger partial charge in [-0.2, -0.15) is 11.8 Å². The zero-order valence-electron chi connectivity index (χ0n) is 7.13. The molecule has 0 radical (unpaired) electrons. The molecule has 0 fully saturated rings. The van der Waals surface area contributed by atoms with E-state index in [0.29, 0.717) is 6.42 Å². The Morgan fingerprint density at radius 3 is 2.45 bits per heavy atom. The fourth-order valence-corrected chi connectivity index (χ4v) is 1.05. The maximum absolute atomic E-state index is 10.4. The molecule has 0 aliphatic rings. The molecule has 0 amide bonds. The predicted octanol–water partition coefficient (Wildman–Crippen LogP) is 0.930. The normalized spacial score (nSPS) is 14.5. The molecule has 0 aromatic heterocycles. The van der Waals surface area contributed by atoms with Crippen molar-refractivity contribution in [3.8, 4) is 0 Å². The summed E-state index contributed by atoms with van der Waals surface area (Å²) in [6, 6.07) is -0.738. The predicted molar refractivity (Wildman–Crippen MR) is 47.8 cm³/mol. The van der Waals surface area contributed by atoms with Gasteiger partial charge in [-0.15, -0.1) is 0 Å². The highest BCUT2D eigenvalue weighted by atomic mass is 32.2. The first-order valence-electron chi connectivity index (χ1n) is 3.42. The lowest BCUT2D eigenvalue weighted by Gasteiger charge is -2.23. The second-order valence-corrected chi connectivity index (χ2v) is 4.63. The van der Waals surface area contributed by atoms with Crippen LogP contribution in [0.4, 0.5) is 0 Å². The fraction of sp³-hybridized carbons (Fsp3) is 0.857. The van der Waals surface area contributed by atoms with E-state index in [1.54, 1.807) is 11.8 Å². The highest BCUT2D eigenvalue weighted by Gasteiger charge is 2.23. The van der Waals surface area contributed by atoms with Crippen LogP contribution >= 0.6 is 11.8 Å². The van der Waals surface area contributed by atoms with E-state index in [1.165, 1.54) is 0 Å². The monoisotopic (exact) mass is 177 g/mol. The second-order valence-electron chi connectivity index (χ2n) is 3.11. The zero-order valence-corrected chi connectivity index (χ0v) is 7.94. The molecule has 0 aromatic carbocycles. The molecular formula is C7H15NO2S. The number of aliphatic carboxylic acids is 1. The maximum atomic E-state index is 10.4. The summed E-state index contributed by atoms with van der Waals surface area (Å²) in [7, 11) is 0. The van der Waals surface area contributed by atoms with Gasteiger partial charge in [-0.3, -0.25) is 4.79 Å². The summed E-state index contributed by atoms with van der Waals surface area (Å²) in [6.45, 7) is 3.97. The summed E-state index contributed by atoms with van der Waals surface area (Å²) in [4.78, 5) is 10.4. The van der Waals surface area contributed by atoms with Crippen molar-refractivity contribution in [2.24, 2.45) is 5.73 Å². The van der Waals surface area contributed by atoms with Crippen molar-refractivity contribution in [2.75, 3.05) is 6.26 Å². The molecule has 0 rings (SSSR count). The van der Waals surface area contributed by atoms with E-state index in [9.17, 15) is 4.79 Å². The number of rotatable bonds is 4. The standard InChI is InChI=1S/C7H15NO2S/c1-7(2,11-3)4-5(8)6(9)10/h5H,4,8H2,1-3H3,(H,9,10). The number of carboxylic acid groups (broad SMARTS) is 1. The summed E-state index contributed by atoms with van der Waals surface area (Å²) in [6.07, 6.45) is 2.46. The molecule has 4 heteroatoms. The van der Waals surface area contributed by atoms with Gasteiger partial charge < -0.3 is 10.8 Å². The molecule has 0 bridgehead atoms. The minimum atomic E-state index is -0.924. The van der Waals surface area contributed by atoms with Gasteiger partial charge in [0.15, 0.2) is 0 Å². The lowest BCUT2D eigenvalue weighted by atomic mass is 10.0. The Morgan fingerprint density at radius 1 is 1.73 bits per heavy atom. The van der Waals surface area contributed by atoms with Gasteiger partial charge in [-0.25, -0.2) is 0 Å². The van der Waals surface area contributed by atoms with Gasteiger partial charge >= 0.3 is 5.97 Å². The Labute approximate surface area is 71.3 Å². The second kappa shape index (κ2) is 3.97. The molecule has 1 atom stereocenters. The van der Waals surface area contributed by atoms with Gasteiger partial charge in [0.1, 0.15) is 6.04 Å². The van der Waals surface area contributed by atoms with Gasteiger partial charge in [0, 0.05) is 4.75 Å². The van der Waals surface area contributed by atoms with Crippen molar-refractivity contribution in [3.05, 3.63) is 0 Å². The van der Waals surface area contributed by atoms with Gasteiger partial charge in [0.05, 0.1) is 0 Å². The van der Waals surface area contributed by atoms with Crippen LogP contribution in [-0.4, -0.2) is 28.1 Å². The number of carbonyl (C=O) groups is 1. The first-order valence-corrected chi connectivity index (χ1v) is 4.65. The summed E-state index contributed by atoms with van der Waals surface area (Å²) in [5, 5.41) is 8.51. The number of thioether (sulfide) groups is 1. The molecule has 11 heavy (non-hydrogen) atoms. The van der Waals surface area contributed by atoms with E-state index in [1.807, 2.05) is 20.1 Å². The number of nitrogens with two attached hydrogens (primary N) is 1. The van der Waals surface area contributed by atoms with Crippen molar-refractivity contribution < 1.29 is 9.90 Å². The Hall–Kier alpha value is -0.220. The number of hydrogen-bond donors (Lipinski definition) is 2. The van der Waals surface area contributed by atoms with Crippen LogP contribution in [0, 0.1) is 0 Å². The molecule has 0 saturated heterocycles. The van der Waals surface area contributed by atoms with Crippen LogP contribution < -0.4 is 5.73 Å². The molecule has 0 heterocycles. The van der Waals surface area contributed by atoms with E-state index in [0.717, 1.165) is 0 Å². The molecule has 66 valence electrons. The number of carboxylic acids is 1. The van der Waals surface area contributed by atoms with Gasteiger partial charge in [0.25, 0.3) is 0 Å². The zero-order chi connectivity index (χ0) is 9.07. The Balaban J connectivity index is 3.93. The van der Waals surface area contributed by atoms with Crippen LogP contribution in [0.5, 0.6) is 0 Å². The van der Waals surface area contributed by atoms with Gasteiger partial charge in [0.2, 0.25) is 0 Å². The first-order chi connectivity index (χ1) is 4.89. The van der Waals surface area contributed by atoms with Gasteiger partial charge in [-0.05, 0) is 12.7 Å². The Kier molecular flexibility index (Phi) is 3.89. The van der Waals surface area contributed by atoms with Crippen molar-refractivity contribution >= 4 is 17.7 Å². The summed E-state index contributed by atoms with van der Waals surface area (Å²) in [5.74, 6) is -0.924. The quantitative estimate of drug-likeness (QED) is 0.670. The van der Waals surface area contributed by atoms with Crippen molar-refractivity contribution in [2.45, 2.75) is 31.1 Å². The van der Waals surface area contributed by atoms with E-state index in [4.69, 9.17) is 10.8 Å². The molecular weight excluding hydrogens is 162 g/mol. The average Bonchev–Trinajstić information content (AvgIpc) is 1.87. The van der Waals surface area contributed by atoms with E-state index < -0.39 is 12.0 Å². The number of hydrogen-bond acceptors (Lipinski definition) is 3. The van der Waals surface area contributed by atoms with Crippen LogP contribution in [0.25, 0.3) is 0 Å². The molecule has 0 spiro atoms. The molecule has 3 nitrogen and oxygen atoms in total. The van der Waals surface area contributed by atoms with Crippen LogP contribution in [0.2, 0.25) is 0 Å². The third kappa shape index (κ3) is 4.27. The lowest BCUT2D eigenvalue weighted by molar-refractivity contribution is -0.138. The lowest BCUT2D eigenvalue weighted by Crippen LogP contribution is -2.36. The average molecular weight is 177 g/mol. The van der Waals surface area contributed by atoms with Crippen molar-refractivity contribution in [1.82, 2.24) is 0 Å². The molecule has 0 aliphatic carbocycles. The Bertz CT molecular complexity index is 147. The SMILES string of the molecule is CSC(C)(C)CC(N)C(=O)O. The first kappa shape index (κ1) is 10.8. The van der Waals surface area contributed by atoms with Crippen molar-refractivity contribution in [3.63, 3.8) is 0 Å². The molecule has 1 unspecified atom stereocenters. The highest BCUT2D eigenvalue weighted by molar-refractivity contribution is 7.99. The summed E-state index contributed by atoms with van der Waals surface area (Å²) < 4.78 is -0.0438. The van der Waals surface area contributed by atoms with E-state index >= 15 is 0 Å². The molecule has 0 aromatic rings. The van der Waals surface area contributed by atoms with Crippen LogP contribution in [0.3, 0.4) is 0 Å². The summed E-state index contributed by atoms with van der Waals surface area (Å²) >= 11 is 1.63. The molecule has 0 aliphatic heterocycles. The van der Waals surface area contributed by atoms with Gasteiger partial charge in [-0.1, -0.05) is 13.8 Å². The van der Waals surface area contributed by atoms with Crippen molar-refractivity contribution in [1.29, 1.82) is 0 Å². The van der Waals surface area contributed by atoms with E-state index in [-0.39, 0.29) is 4.75 Å². The topological polar surface area (TPSA) is 63.3 Å².